The molecular weight excluding hydrogens is 448 g/mol. The highest BCUT2D eigenvalue weighted by Gasteiger charge is 2.19. The number of nitrogens with one attached hydrogen (secondary N) is 2. The molecule has 0 spiro atoms. The third-order valence-corrected chi connectivity index (χ3v) is 5.97. The van der Waals surface area contributed by atoms with Crippen LogP contribution in [0.1, 0.15) is 64.0 Å². The van der Waals surface area contributed by atoms with E-state index in [0.29, 0.717) is 16.5 Å². The molecule has 7 nitrogen and oxygen atoms in total. The van der Waals surface area contributed by atoms with Crippen molar-refractivity contribution in [3.63, 3.8) is 0 Å². The van der Waals surface area contributed by atoms with E-state index in [2.05, 4.69) is 41.6 Å². The van der Waals surface area contributed by atoms with E-state index >= 15 is 0 Å². The maximum Gasteiger partial charge on any atom is 0.310 e. The number of hydrogen-bond acceptors (Lipinski definition) is 6. The van der Waals surface area contributed by atoms with Crippen molar-refractivity contribution < 1.29 is 14.4 Å². The van der Waals surface area contributed by atoms with Crippen molar-refractivity contribution in [3.8, 4) is 0 Å². The number of benzene rings is 2. The molecule has 3 aromatic rings. The van der Waals surface area contributed by atoms with Crippen LogP contribution in [0.3, 0.4) is 0 Å². The maximum absolute atomic E-state index is 12.4. The minimum Gasteiger partial charge on any atom is -0.283 e. The van der Waals surface area contributed by atoms with Crippen molar-refractivity contribution in [2.45, 2.75) is 50.9 Å². The number of aromatic nitrogens is 2. The molecule has 1 heterocycles. The summed E-state index contributed by atoms with van der Waals surface area (Å²) in [6.07, 6.45) is 0. The highest BCUT2D eigenvalue weighted by molar-refractivity contribution is 7.98. The third kappa shape index (κ3) is 6.74. The van der Waals surface area contributed by atoms with Crippen LogP contribution < -0.4 is 10.9 Å². The number of hydrogen-bond donors (Lipinski definition) is 2. The molecule has 0 saturated heterocycles. The summed E-state index contributed by atoms with van der Waals surface area (Å²) in [6.45, 7) is 10.1. The molecule has 0 aliphatic rings. The summed E-state index contributed by atoms with van der Waals surface area (Å²) in [5, 5.41) is 0.708. The van der Waals surface area contributed by atoms with E-state index in [4.69, 9.17) is 0 Å². The van der Waals surface area contributed by atoms with Gasteiger partial charge in [0.25, 0.3) is 11.7 Å². The predicted octanol–water partition coefficient (Wildman–Crippen LogP) is 4.33. The fraction of sp³-hybridized carbons (Fsp3) is 0.269. The molecule has 8 heteroatoms. The average molecular weight is 477 g/mol. The lowest BCUT2D eigenvalue weighted by molar-refractivity contribution is -0.117. The Labute approximate surface area is 203 Å². The van der Waals surface area contributed by atoms with Crippen LogP contribution in [0, 0.1) is 13.8 Å². The molecule has 0 saturated carbocycles. The SMILES string of the molecule is Cc1cc(C)nc(SCc2ccc(C(=O)NNC(=O)C(=O)c3ccc(C(C)(C)C)cc3)cc2)n1. The number of rotatable bonds is 6. The van der Waals surface area contributed by atoms with Crippen molar-refractivity contribution in [2.75, 3.05) is 0 Å². The summed E-state index contributed by atoms with van der Waals surface area (Å²) in [5.74, 6) is -1.48. The summed E-state index contributed by atoms with van der Waals surface area (Å²) in [4.78, 5) is 45.7. The number of ketones is 1. The standard InChI is InChI=1S/C26H28N4O3S/c1-16-14-17(2)28-25(27-16)34-15-18-6-8-20(9-7-18)23(32)29-30-24(33)22(31)19-10-12-21(13-11-19)26(3,4)5/h6-14H,15H2,1-5H3,(H,29,32)(H,30,33). The molecule has 176 valence electrons. The number of carbonyl (C=O) groups excluding carboxylic acids is 3. The first kappa shape index (κ1) is 25.1. The molecule has 34 heavy (non-hydrogen) atoms. The van der Waals surface area contributed by atoms with Gasteiger partial charge in [-0.05, 0) is 48.6 Å². The van der Waals surface area contributed by atoms with Crippen molar-refractivity contribution in [1.82, 2.24) is 20.8 Å². The second-order valence-corrected chi connectivity index (χ2v) is 9.93. The molecule has 0 unspecified atom stereocenters. The van der Waals surface area contributed by atoms with E-state index in [0.717, 1.165) is 22.5 Å². The van der Waals surface area contributed by atoms with Gasteiger partial charge in [-0.15, -0.1) is 0 Å². The molecular formula is C26H28N4O3S. The topological polar surface area (TPSA) is 101 Å². The summed E-state index contributed by atoms with van der Waals surface area (Å²) in [7, 11) is 0. The zero-order valence-electron chi connectivity index (χ0n) is 19.9. The number of Topliss-reactive ketones (excluding diaryl/α,β-unsaturated/α-hetero) is 1. The summed E-state index contributed by atoms with van der Waals surface area (Å²) < 4.78 is 0. The Kier molecular flexibility index (Phi) is 7.83. The van der Waals surface area contributed by atoms with Gasteiger partial charge in [0.1, 0.15) is 0 Å². The highest BCUT2D eigenvalue weighted by Crippen LogP contribution is 2.22. The van der Waals surface area contributed by atoms with Gasteiger partial charge in [0, 0.05) is 28.3 Å². The first-order valence-corrected chi connectivity index (χ1v) is 11.8. The fourth-order valence-corrected chi connectivity index (χ4v) is 4.06. The van der Waals surface area contributed by atoms with Gasteiger partial charge >= 0.3 is 5.91 Å². The Bertz CT molecular complexity index is 1180. The molecule has 2 N–H and O–H groups in total. The lowest BCUT2D eigenvalue weighted by Gasteiger charge is -2.18. The van der Waals surface area contributed by atoms with Crippen LogP contribution in [0.2, 0.25) is 0 Å². The van der Waals surface area contributed by atoms with Gasteiger partial charge in [-0.25, -0.2) is 9.97 Å². The highest BCUT2D eigenvalue weighted by atomic mass is 32.2. The van der Waals surface area contributed by atoms with Crippen molar-refractivity contribution in [3.05, 3.63) is 88.2 Å². The summed E-state index contributed by atoms with van der Waals surface area (Å²) in [5.41, 5.74) is 8.94. The maximum atomic E-state index is 12.4. The molecule has 0 fully saturated rings. The minimum atomic E-state index is -0.904. The number of nitrogens with zero attached hydrogens (tertiary/aromatic N) is 2. The molecule has 0 atom stereocenters. The van der Waals surface area contributed by atoms with Gasteiger partial charge in [0.05, 0.1) is 0 Å². The van der Waals surface area contributed by atoms with Crippen molar-refractivity contribution >= 4 is 29.4 Å². The van der Waals surface area contributed by atoms with Crippen molar-refractivity contribution in [1.29, 1.82) is 0 Å². The van der Waals surface area contributed by atoms with E-state index in [1.54, 1.807) is 24.3 Å². The lowest BCUT2D eigenvalue weighted by Crippen LogP contribution is -2.44. The molecule has 0 aliphatic carbocycles. The average Bonchev–Trinajstić information content (AvgIpc) is 2.79. The fourth-order valence-electron chi connectivity index (χ4n) is 3.15. The van der Waals surface area contributed by atoms with Gasteiger partial charge < -0.3 is 0 Å². The molecule has 2 aromatic carbocycles. The van der Waals surface area contributed by atoms with E-state index in [1.807, 2.05) is 44.2 Å². The van der Waals surface area contributed by atoms with Crippen LogP contribution in [-0.2, 0) is 16.0 Å². The number of amides is 2. The van der Waals surface area contributed by atoms with E-state index in [-0.39, 0.29) is 11.0 Å². The van der Waals surface area contributed by atoms with E-state index in [1.165, 1.54) is 11.8 Å². The Morgan fingerprint density at radius 2 is 1.38 bits per heavy atom. The quantitative estimate of drug-likeness (QED) is 0.181. The zero-order valence-corrected chi connectivity index (χ0v) is 20.7. The molecule has 3 rings (SSSR count). The first-order valence-electron chi connectivity index (χ1n) is 10.8. The molecule has 2 amide bonds. The second-order valence-electron chi connectivity index (χ2n) is 8.98. The molecule has 0 aliphatic heterocycles. The number of aryl methyl sites for hydroxylation is 2. The first-order chi connectivity index (χ1) is 16.0. The minimum absolute atomic E-state index is 0.0561. The Hall–Kier alpha value is -3.52. The van der Waals surface area contributed by atoms with Crippen LogP contribution in [0.15, 0.2) is 59.8 Å². The zero-order chi connectivity index (χ0) is 24.9. The largest absolute Gasteiger partial charge is 0.310 e. The summed E-state index contributed by atoms with van der Waals surface area (Å²) >= 11 is 1.52. The number of hydrazine groups is 1. The molecule has 1 aromatic heterocycles. The van der Waals surface area contributed by atoms with Gasteiger partial charge in [0.15, 0.2) is 5.16 Å². The van der Waals surface area contributed by atoms with Gasteiger partial charge in [-0.2, -0.15) is 0 Å². The van der Waals surface area contributed by atoms with Crippen LogP contribution >= 0.6 is 11.8 Å². The van der Waals surface area contributed by atoms with Crippen molar-refractivity contribution in [2.24, 2.45) is 0 Å². The lowest BCUT2D eigenvalue weighted by atomic mass is 9.86. The van der Waals surface area contributed by atoms with Gasteiger partial charge in [0.2, 0.25) is 0 Å². The van der Waals surface area contributed by atoms with E-state index in [9.17, 15) is 14.4 Å². The predicted molar refractivity (Wildman–Crippen MR) is 133 cm³/mol. The molecule has 0 bridgehead atoms. The Morgan fingerprint density at radius 3 is 1.94 bits per heavy atom. The van der Waals surface area contributed by atoms with Gasteiger partial charge in [-0.3, -0.25) is 25.2 Å². The van der Waals surface area contributed by atoms with Crippen LogP contribution in [0.4, 0.5) is 0 Å². The molecule has 0 radical (unpaired) electrons. The van der Waals surface area contributed by atoms with Crippen LogP contribution in [0.5, 0.6) is 0 Å². The van der Waals surface area contributed by atoms with Crippen LogP contribution in [-0.4, -0.2) is 27.6 Å². The summed E-state index contributed by atoms with van der Waals surface area (Å²) in [6, 6.07) is 15.8. The second kappa shape index (κ2) is 10.6. The third-order valence-electron chi connectivity index (χ3n) is 5.05. The van der Waals surface area contributed by atoms with Crippen LogP contribution in [0.25, 0.3) is 0 Å². The number of thioether (sulfide) groups is 1. The Balaban J connectivity index is 1.52. The number of carbonyl (C=O) groups is 3. The smallest absolute Gasteiger partial charge is 0.283 e. The van der Waals surface area contributed by atoms with Gasteiger partial charge in [-0.1, -0.05) is 68.9 Å². The monoisotopic (exact) mass is 476 g/mol. The normalized spacial score (nSPS) is 11.1. The Morgan fingerprint density at radius 1 is 0.824 bits per heavy atom. The van der Waals surface area contributed by atoms with E-state index < -0.39 is 17.6 Å².